The van der Waals surface area contributed by atoms with E-state index in [2.05, 4.69) is 33.7 Å². The van der Waals surface area contributed by atoms with Crippen LogP contribution in [0, 0.1) is 0 Å². The zero-order chi connectivity index (χ0) is 18.0. The van der Waals surface area contributed by atoms with Crippen LogP contribution in [0.25, 0.3) is 17.1 Å². The van der Waals surface area contributed by atoms with Gasteiger partial charge in [-0.15, -0.1) is 24.1 Å². The van der Waals surface area contributed by atoms with Crippen LogP contribution in [-0.4, -0.2) is 44.6 Å². The van der Waals surface area contributed by atoms with Crippen molar-refractivity contribution < 1.29 is 0 Å². The molecule has 8 heteroatoms. The number of benzene rings is 1. The summed E-state index contributed by atoms with van der Waals surface area (Å²) in [7, 11) is 4.08. The van der Waals surface area contributed by atoms with Crippen LogP contribution in [0.15, 0.2) is 53.1 Å². The SMILES string of the molecule is C=CCn1nc2nc(SC)n(-c3cccc(CN(C)C)c3)cc-2c1=O.Cl. The number of rotatable bonds is 6. The summed E-state index contributed by atoms with van der Waals surface area (Å²) < 4.78 is 3.34. The number of hydrogen-bond acceptors (Lipinski definition) is 5. The number of hydrogen-bond donors (Lipinski definition) is 0. The van der Waals surface area contributed by atoms with Gasteiger partial charge < -0.3 is 4.90 Å². The van der Waals surface area contributed by atoms with Crippen LogP contribution in [0.1, 0.15) is 5.56 Å². The highest BCUT2D eigenvalue weighted by molar-refractivity contribution is 7.98. The Bertz CT molecular complexity index is 934. The number of nitrogens with zero attached hydrogens (tertiary/aromatic N) is 5. The quantitative estimate of drug-likeness (QED) is 0.367. The van der Waals surface area contributed by atoms with Gasteiger partial charge in [-0.1, -0.05) is 30.0 Å². The Morgan fingerprint density at radius 1 is 1.35 bits per heavy atom. The number of halogens is 1. The van der Waals surface area contributed by atoms with Crippen molar-refractivity contribution in [1.29, 1.82) is 0 Å². The van der Waals surface area contributed by atoms with Gasteiger partial charge in [-0.05, 0) is 38.0 Å². The molecule has 1 aromatic rings. The Morgan fingerprint density at radius 3 is 2.77 bits per heavy atom. The van der Waals surface area contributed by atoms with Gasteiger partial charge in [-0.25, -0.2) is 9.67 Å². The van der Waals surface area contributed by atoms with Crippen LogP contribution >= 0.6 is 24.2 Å². The standard InChI is InChI=1S/C18H21N5OS.ClH/c1-5-9-23-17(24)15-12-22(18(25-4)19-16(15)20-23)14-8-6-7-13(10-14)11-21(2)3;/h5-8,10,12H,1,9,11H2,2-4H3;1H. The van der Waals surface area contributed by atoms with E-state index in [1.807, 2.05) is 43.2 Å². The fourth-order valence-corrected chi connectivity index (χ4v) is 3.25. The van der Waals surface area contributed by atoms with Gasteiger partial charge in [0.25, 0.3) is 5.56 Å². The maximum Gasteiger partial charge on any atom is 0.279 e. The molecule has 0 aromatic heterocycles. The first-order chi connectivity index (χ1) is 12.0. The van der Waals surface area contributed by atoms with Gasteiger partial charge in [-0.2, -0.15) is 0 Å². The number of allylic oxidation sites excluding steroid dienone is 1. The van der Waals surface area contributed by atoms with E-state index in [4.69, 9.17) is 0 Å². The Kier molecular flexibility index (Phi) is 6.63. The van der Waals surface area contributed by atoms with Gasteiger partial charge in [-0.3, -0.25) is 9.36 Å². The zero-order valence-corrected chi connectivity index (χ0v) is 16.7. The molecule has 2 aliphatic rings. The van der Waals surface area contributed by atoms with E-state index in [1.54, 1.807) is 6.08 Å². The van der Waals surface area contributed by atoms with Crippen molar-refractivity contribution in [2.24, 2.45) is 0 Å². The van der Waals surface area contributed by atoms with E-state index in [0.717, 1.165) is 17.4 Å². The minimum absolute atomic E-state index is 0. The van der Waals surface area contributed by atoms with Crippen molar-refractivity contribution in [1.82, 2.24) is 24.2 Å². The molecule has 0 saturated carbocycles. The van der Waals surface area contributed by atoms with Crippen molar-refractivity contribution >= 4 is 24.2 Å². The van der Waals surface area contributed by atoms with Crippen LogP contribution in [0.2, 0.25) is 0 Å². The first kappa shape index (κ1) is 20.2. The highest BCUT2D eigenvalue weighted by atomic mass is 35.5. The molecule has 2 heterocycles. The van der Waals surface area contributed by atoms with Crippen molar-refractivity contribution in [2.45, 2.75) is 18.2 Å². The molecular formula is C18H22ClN5OS. The minimum atomic E-state index is -0.145. The molecule has 0 fully saturated rings. The van der Waals surface area contributed by atoms with Crippen molar-refractivity contribution in [3.8, 4) is 17.1 Å². The molecule has 6 nitrogen and oxygen atoms in total. The summed E-state index contributed by atoms with van der Waals surface area (Å²) >= 11 is 1.52. The fraction of sp³-hybridized carbons (Fsp3) is 0.278. The predicted octanol–water partition coefficient (Wildman–Crippen LogP) is 2.93. The number of thioether (sulfide) groups is 1. The lowest BCUT2D eigenvalue weighted by Gasteiger charge is -2.15. The van der Waals surface area contributed by atoms with Crippen molar-refractivity contribution in [3.63, 3.8) is 0 Å². The third kappa shape index (κ3) is 4.00. The van der Waals surface area contributed by atoms with Gasteiger partial charge >= 0.3 is 0 Å². The van der Waals surface area contributed by atoms with Gasteiger partial charge in [0.05, 0.1) is 6.54 Å². The summed E-state index contributed by atoms with van der Waals surface area (Å²) in [6.07, 6.45) is 5.45. The normalized spacial score (nSPS) is 10.9. The van der Waals surface area contributed by atoms with Gasteiger partial charge in [0.1, 0.15) is 5.56 Å². The molecule has 0 radical (unpaired) electrons. The highest BCUT2D eigenvalue weighted by Gasteiger charge is 2.19. The summed E-state index contributed by atoms with van der Waals surface area (Å²) in [4.78, 5) is 19.2. The molecule has 0 bridgehead atoms. The summed E-state index contributed by atoms with van der Waals surface area (Å²) in [5.74, 6) is 0.469. The minimum Gasteiger partial charge on any atom is -0.305 e. The molecule has 0 aliphatic carbocycles. The molecule has 0 saturated heterocycles. The lowest BCUT2D eigenvalue weighted by atomic mass is 10.2. The van der Waals surface area contributed by atoms with Crippen LogP contribution < -0.4 is 5.56 Å². The summed E-state index contributed by atoms with van der Waals surface area (Å²) in [6.45, 7) is 4.89. The molecule has 0 amide bonds. The molecule has 0 unspecified atom stereocenters. The molecule has 0 atom stereocenters. The van der Waals surface area contributed by atoms with E-state index in [9.17, 15) is 4.79 Å². The van der Waals surface area contributed by atoms with Gasteiger partial charge in [0.15, 0.2) is 11.0 Å². The van der Waals surface area contributed by atoms with Crippen LogP contribution in [-0.2, 0) is 13.1 Å². The maximum atomic E-state index is 12.5. The monoisotopic (exact) mass is 391 g/mol. The van der Waals surface area contributed by atoms with Crippen molar-refractivity contribution in [3.05, 3.63) is 59.0 Å². The molecule has 138 valence electrons. The first-order valence-corrected chi connectivity index (χ1v) is 9.15. The van der Waals surface area contributed by atoms with E-state index in [-0.39, 0.29) is 18.0 Å². The summed E-state index contributed by atoms with van der Waals surface area (Å²) in [6, 6.07) is 8.25. The summed E-state index contributed by atoms with van der Waals surface area (Å²) in [5, 5.41) is 5.08. The Morgan fingerprint density at radius 2 is 2.12 bits per heavy atom. The highest BCUT2D eigenvalue weighted by Crippen LogP contribution is 2.24. The molecule has 0 spiro atoms. The van der Waals surface area contributed by atoms with Crippen LogP contribution in [0.3, 0.4) is 0 Å². The van der Waals surface area contributed by atoms with Gasteiger partial charge in [0, 0.05) is 18.4 Å². The molecule has 1 aromatic carbocycles. The van der Waals surface area contributed by atoms with Gasteiger partial charge in [0.2, 0.25) is 0 Å². The van der Waals surface area contributed by atoms with Crippen LogP contribution in [0.5, 0.6) is 0 Å². The fourth-order valence-electron chi connectivity index (χ4n) is 2.72. The van der Waals surface area contributed by atoms with Crippen LogP contribution in [0.4, 0.5) is 0 Å². The second kappa shape index (κ2) is 8.53. The Hall–Kier alpha value is -2.09. The second-order valence-corrected chi connectivity index (χ2v) is 6.79. The van der Waals surface area contributed by atoms with Crippen molar-refractivity contribution in [2.75, 3.05) is 20.4 Å². The van der Waals surface area contributed by atoms with E-state index >= 15 is 0 Å². The topological polar surface area (TPSA) is 56.0 Å². The predicted molar refractivity (Wildman–Crippen MR) is 109 cm³/mol. The Labute approximate surface area is 163 Å². The molecule has 0 N–H and O–H groups in total. The second-order valence-electron chi connectivity index (χ2n) is 6.02. The smallest absolute Gasteiger partial charge is 0.279 e. The molecule has 2 aliphatic heterocycles. The maximum absolute atomic E-state index is 12.5. The molecular weight excluding hydrogens is 370 g/mol. The van der Waals surface area contributed by atoms with E-state index in [1.165, 1.54) is 22.0 Å². The molecule has 26 heavy (non-hydrogen) atoms. The lowest BCUT2D eigenvalue weighted by molar-refractivity contribution is 0.402. The lowest BCUT2D eigenvalue weighted by Crippen LogP contribution is -2.16. The number of aromatic nitrogens is 4. The Balaban J connectivity index is 0.00000243. The van der Waals surface area contributed by atoms with E-state index < -0.39 is 0 Å². The molecule has 3 rings (SSSR count). The largest absolute Gasteiger partial charge is 0.305 e. The third-order valence-electron chi connectivity index (χ3n) is 3.76. The zero-order valence-electron chi connectivity index (χ0n) is 15.0. The van der Waals surface area contributed by atoms with E-state index in [0.29, 0.717) is 17.9 Å². The average molecular weight is 392 g/mol. The number of fused-ring (bicyclic) bond motifs is 1. The third-order valence-corrected chi connectivity index (χ3v) is 4.41. The summed E-state index contributed by atoms with van der Waals surface area (Å²) in [5.41, 5.74) is 2.55. The first-order valence-electron chi connectivity index (χ1n) is 7.92. The average Bonchev–Trinajstić information content (AvgIpc) is 2.89.